The summed E-state index contributed by atoms with van der Waals surface area (Å²) in [5.74, 6) is 1.28. The first kappa shape index (κ1) is 15.5. The molecule has 0 aliphatic heterocycles. The fourth-order valence-electron chi connectivity index (χ4n) is 3.17. The monoisotopic (exact) mass is 305 g/mol. The van der Waals surface area contributed by atoms with Gasteiger partial charge in [-0.05, 0) is 37.6 Å². The number of nitrogens with zero attached hydrogens (tertiary/aromatic N) is 2. The molecule has 1 aromatic heterocycles. The van der Waals surface area contributed by atoms with E-state index in [1.54, 1.807) is 0 Å². The largest absolute Gasteiger partial charge is 0.290 e. The topological polar surface area (TPSA) is 8.81 Å². The van der Waals surface area contributed by atoms with Gasteiger partial charge in [0.2, 0.25) is 0 Å². The number of unbranched alkanes of at least 4 members (excludes halogenated alkanes) is 1. The Labute approximate surface area is 138 Å². The third-order valence-electron chi connectivity index (χ3n) is 4.33. The van der Waals surface area contributed by atoms with Crippen LogP contribution in [0.2, 0.25) is 0 Å². The van der Waals surface area contributed by atoms with Crippen molar-refractivity contribution < 1.29 is 4.57 Å². The van der Waals surface area contributed by atoms with E-state index in [0.29, 0.717) is 0 Å². The molecule has 2 nitrogen and oxygen atoms in total. The van der Waals surface area contributed by atoms with Gasteiger partial charge < -0.3 is 0 Å². The lowest BCUT2D eigenvalue weighted by atomic mass is 10.1. The van der Waals surface area contributed by atoms with Crippen LogP contribution in [0.5, 0.6) is 0 Å². The molecule has 0 amide bonds. The lowest BCUT2D eigenvalue weighted by molar-refractivity contribution is -0.661. The van der Waals surface area contributed by atoms with Gasteiger partial charge >= 0.3 is 0 Å². The molecule has 2 heteroatoms. The van der Waals surface area contributed by atoms with Crippen molar-refractivity contribution in [2.75, 3.05) is 0 Å². The highest BCUT2D eigenvalue weighted by Gasteiger charge is 2.25. The standard InChI is InChI=1S/C21H25N2/c1-4-6-16-23-20-10-8-7-9-19(20)22(15-5-2)21(23)18-13-11-17(3)12-14-18/h5,7-14H,2,4,6,15-16H2,1,3H3/q+1. The van der Waals surface area contributed by atoms with Crippen LogP contribution in [0.1, 0.15) is 25.3 Å². The molecule has 0 aliphatic rings. The van der Waals surface area contributed by atoms with Crippen molar-refractivity contribution in [2.45, 2.75) is 39.8 Å². The van der Waals surface area contributed by atoms with Crippen LogP contribution in [0, 0.1) is 6.92 Å². The summed E-state index contributed by atoms with van der Waals surface area (Å²) in [7, 11) is 0. The van der Waals surface area contributed by atoms with Gasteiger partial charge in [-0.1, -0.05) is 55.8 Å². The highest BCUT2D eigenvalue weighted by molar-refractivity contribution is 5.76. The zero-order chi connectivity index (χ0) is 16.2. The smallest absolute Gasteiger partial charge is 0.223 e. The number of aromatic nitrogens is 2. The molecule has 3 rings (SSSR count). The fraction of sp³-hybridized carbons (Fsp3) is 0.286. The number of hydrogen-bond donors (Lipinski definition) is 0. The van der Waals surface area contributed by atoms with Gasteiger partial charge in [-0.3, -0.25) is 0 Å². The van der Waals surface area contributed by atoms with Gasteiger partial charge in [0.1, 0.15) is 6.54 Å². The summed E-state index contributed by atoms with van der Waals surface area (Å²) < 4.78 is 4.84. The third kappa shape index (κ3) is 2.94. The van der Waals surface area contributed by atoms with Crippen molar-refractivity contribution in [1.82, 2.24) is 4.57 Å². The second kappa shape index (κ2) is 6.82. The Bertz CT molecular complexity index is 810. The van der Waals surface area contributed by atoms with E-state index < -0.39 is 0 Å². The predicted molar refractivity (Wildman–Crippen MR) is 97.4 cm³/mol. The van der Waals surface area contributed by atoms with E-state index in [1.807, 2.05) is 6.08 Å². The summed E-state index contributed by atoms with van der Waals surface area (Å²) in [4.78, 5) is 0. The predicted octanol–water partition coefficient (Wildman–Crippen LogP) is 4.89. The van der Waals surface area contributed by atoms with Crippen LogP contribution in [0.4, 0.5) is 0 Å². The summed E-state index contributed by atoms with van der Waals surface area (Å²) >= 11 is 0. The van der Waals surface area contributed by atoms with Gasteiger partial charge in [-0.25, -0.2) is 9.13 Å². The number of para-hydroxylation sites is 2. The Morgan fingerprint density at radius 2 is 1.83 bits per heavy atom. The van der Waals surface area contributed by atoms with E-state index >= 15 is 0 Å². The molecule has 2 aromatic carbocycles. The molecule has 0 unspecified atom stereocenters. The fourth-order valence-corrected chi connectivity index (χ4v) is 3.17. The molecule has 3 aromatic rings. The summed E-state index contributed by atoms with van der Waals surface area (Å²) in [5, 5.41) is 0. The maximum absolute atomic E-state index is 3.95. The molecule has 23 heavy (non-hydrogen) atoms. The maximum atomic E-state index is 3.95. The van der Waals surface area contributed by atoms with Gasteiger partial charge in [0.25, 0.3) is 5.82 Å². The van der Waals surface area contributed by atoms with Crippen molar-refractivity contribution >= 4 is 11.0 Å². The van der Waals surface area contributed by atoms with E-state index in [-0.39, 0.29) is 0 Å². The molecule has 0 saturated heterocycles. The van der Waals surface area contributed by atoms with Gasteiger partial charge in [0.15, 0.2) is 11.0 Å². The first-order chi connectivity index (χ1) is 11.3. The number of imidazole rings is 1. The first-order valence-corrected chi connectivity index (χ1v) is 8.45. The Balaban J connectivity index is 2.28. The molecular weight excluding hydrogens is 280 g/mol. The molecule has 0 aliphatic carbocycles. The summed E-state index contributed by atoms with van der Waals surface area (Å²) in [6, 6.07) is 17.5. The van der Waals surface area contributed by atoms with E-state index in [4.69, 9.17) is 0 Å². The first-order valence-electron chi connectivity index (χ1n) is 8.45. The van der Waals surface area contributed by atoms with E-state index in [0.717, 1.165) is 13.1 Å². The summed E-state index contributed by atoms with van der Waals surface area (Å²) in [6.07, 6.45) is 4.36. The van der Waals surface area contributed by atoms with Crippen LogP contribution in [0.25, 0.3) is 22.4 Å². The summed E-state index contributed by atoms with van der Waals surface area (Å²) in [5.41, 5.74) is 5.14. The number of allylic oxidation sites excluding steroid dienone is 1. The maximum Gasteiger partial charge on any atom is 0.290 e. The van der Waals surface area contributed by atoms with Crippen molar-refractivity contribution in [1.29, 1.82) is 0 Å². The van der Waals surface area contributed by atoms with Crippen molar-refractivity contribution in [3.05, 3.63) is 66.7 Å². The summed E-state index contributed by atoms with van der Waals surface area (Å²) in [6.45, 7) is 10.2. The average molecular weight is 305 g/mol. The van der Waals surface area contributed by atoms with E-state index in [9.17, 15) is 0 Å². The number of aryl methyl sites for hydroxylation is 2. The Morgan fingerprint density at radius 3 is 2.52 bits per heavy atom. The van der Waals surface area contributed by atoms with Gasteiger partial charge in [-0.15, -0.1) is 0 Å². The molecule has 0 bridgehead atoms. The lowest BCUT2D eigenvalue weighted by Crippen LogP contribution is -2.35. The molecule has 0 atom stereocenters. The average Bonchev–Trinajstić information content (AvgIpc) is 2.88. The second-order valence-corrected chi connectivity index (χ2v) is 6.08. The second-order valence-electron chi connectivity index (χ2n) is 6.08. The minimum absolute atomic E-state index is 0.822. The molecule has 0 radical (unpaired) electrons. The number of fused-ring (bicyclic) bond motifs is 1. The third-order valence-corrected chi connectivity index (χ3v) is 4.33. The molecule has 118 valence electrons. The van der Waals surface area contributed by atoms with Crippen LogP contribution in [-0.4, -0.2) is 4.57 Å². The van der Waals surface area contributed by atoms with E-state index in [1.165, 1.54) is 40.8 Å². The van der Waals surface area contributed by atoms with Crippen LogP contribution < -0.4 is 4.57 Å². The number of benzene rings is 2. The van der Waals surface area contributed by atoms with Crippen LogP contribution in [-0.2, 0) is 13.1 Å². The van der Waals surface area contributed by atoms with Crippen molar-refractivity contribution in [3.8, 4) is 11.4 Å². The number of rotatable bonds is 6. The number of hydrogen-bond acceptors (Lipinski definition) is 0. The minimum atomic E-state index is 0.822. The quantitative estimate of drug-likeness (QED) is 0.453. The highest BCUT2D eigenvalue weighted by atomic mass is 15.2. The molecule has 1 heterocycles. The molecule has 0 N–H and O–H groups in total. The van der Waals surface area contributed by atoms with Gasteiger partial charge in [0, 0.05) is 0 Å². The molecule has 0 spiro atoms. The van der Waals surface area contributed by atoms with Crippen molar-refractivity contribution in [3.63, 3.8) is 0 Å². The SMILES string of the molecule is C=CCn1c(-c2ccc(C)cc2)[n+](CCCC)c2ccccc21. The zero-order valence-corrected chi connectivity index (χ0v) is 14.1. The van der Waals surface area contributed by atoms with E-state index in [2.05, 4.69) is 78.1 Å². The molecule has 0 fully saturated rings. The van der Waals surface area contributed by atoms with Crippen LogP contribution in [0.3, 0.4) is 0 Å². The Kier molecular flexibility index (Phi) is 4.61. The molecule has 0 saturated carbocycles. The lowest BCUT2D eigenvalue weighted by Gasteiger charge is -2.05. The van der Waals surface area contributed by atoms with Gasteiger partial charge in [-0.2, -0.15) is 0 Å². The minimum Gasteiger partial charge on any atom is -0.223 e. The normalized spacial score (nSPS) is 11.0. The van der Waals surface area contributed by atoms with Crippen molar-refractivity contribution in [2.24, 2.45) is 0 Å². The molecular formula is C21H25N2+. The highest BCUT2D eigenvalue weighted by Crippen LogP contribution is 2.24. The van der Waals surface area contributed by atoms with Gasteiger partial charge in [0.05, 0.1) is 12.1 Å². The zero-order valence-electron chi connectivity index (χ0n) is 14.1. The Hall–Kier alpha value is -2.35. The van der Waals surface area contributed by atoms with Crippen LogP contribution in [0.15, 0.2) is 61.2 Å². The Morgan fingerprint density at radius 1 is 1.09 bits per heavy atom. The van der Waals surface area contributed by atoms with Crippen LogP contribution >= 0.6 is 0 Å².